The number of amidine groups is 1. The Labute approximate surface area is 103 Å². The molecule has 0 aliphatic rings. The van der Waals surface area contributed by atoms with Crippen molar-refractivity contribution in [1.82, 2.24) is 9.88 Å². The van der Waals surface area contributed by atoms with E-state index in [2.05, 4.69) is 23.0 Å². The van der Waals surface area contributed by atoms with Gasteiger partial charge in [-0.15, -0.1) is 0 Å². The maximum absolute atomic E-state index is 7.51. The number of nitrogens with one attached hydrogen (secondary N) is 1. The Morgan fingerprint density at radius 3 is 2.76 bits per heavy atom. The van der Waals surface area contributed by atoms with Crippen LogP contribution in [0.15, 0.2) is 24.5 Å². The molecule has 0 aliphatic carbocycles. The zero-order valence-corrected chi connectivity index (χ0v) is 10.9. The minimum Gasteiger partial charge on any atom is -0.387 e. The summed E-state index contributed by atoms with van der Waals surface area (Å²) in [4.78, 5) is 6.32. The molecule has 0 spiro atoms. The molecule has 0 radical (unpaired) electrons. The van der Waals surface area contributed by atoms with Crippen molar-refractivity contribution in [1.29, 1.82) is 5.41 Å². The predicted octanol–water partition coefficient (Wildman–Crippen LogP) is 1.87. The van der Waals surface area contributed by atoms with Crippen molar-refractivity contribution >= 4 is 5.84 Å². The topological polar surface area (TPSA) is 66.0 Å². The van der Waals surface area contributed by atoms with E-state index >= 15 is 0 Å². The summed E-state index contributed by atoms with van der Waals surface area (Å²) >= 11 is 0. The quantitative estimate of drug-likeness (QED) is 0.583. The van der Waals surface area contributed by atoms with Crippen LogP contribution in [0.2, 0.25) is 0 Å². The summed E-state index contributed by atoms with van der Waals surface area (Å²) in [5.41, 5.74) is 6.55. The lowest BCUT2D eigenvalue weighted by atomic mass is 9.88. The van der Waals surface area contributed by atoms with E-state index in [0.717, 1.165) is 19.5 Å². The molecule has 94 valence electrons. The van der Waals surface area contributed by atoms with E-state index in [0.29, 0.717) is 0 Å². The van der Waals surface area contributed by atoms with Crippen LogP contribution >= 0.6 is 0 Å². The first-order chi connectivity index (χ1) is 7.92. The third-order valence-electron chi connectivity index (χ3n) is 3.02. The Kier molecular flexibility index (Phi) is 4.63. The number of nitrogens with two attached hydrogens (primary N) is 1. The van der Waals surface area contributed by atoms with Gasteiger partial charge in [0.15, 0.2) is 0 Å². The summed E-state index contributed by atoms with van der Waals surface area (Å²) in [5.74, 6) is 0.257. The summed E-state index contributed by atoms with van der Waals surface area (Å²) < 4.78 is 0. The van der Waals surface area contributed by atoms with E-state index < -0.39 is 0 Å². The Bertz CT molecular complexity index is 359. The van der Waals surface area contributed by atoms with Gasteiger partial charge in [-0.25, -0.2) is 0 Å². The van der Waals surface area contributed by atoms with Gasteiger partial charge in [-0.05, 0) is 31.6 Å². The Balaban J connectivity index is 2.41. The van der Waals surface area contributed by atoms with Gasteiger partial charge in [-0.3, -0.25) is 10.4 Å². The minimum absolute atomic E-state index is 0.219. The number of rotatable bonds is 6. The summed E-state index contributed by atoms with van der Waals surface area (Å²) in [6.45, 7) is 5.81. The third kappa shape index (κ3) is 4.53. The minimum atomic E-state index is -0.219. The van der Waals surface area contributed by atoms with Crippen molar-refractivity contribution in [2.45, 2.75) is 26.8 Å². The molecule has 0 atom stereocenters. The Morgan fingerprint density at radius 1 is 1.53 bits per heavy atom. The van der Waals surface area contributed by atoms with Gasteiger partial charge in [0.05, 0.1) is 5.84 Å². The van der Waals surface area contributed by atoms with E-state index in [9.17, 15) is 0 Å². The summed E-state index contributed by atoms with van der Waals surface area (Å²) in [5, 5.41) is 7.51. The molecule has 1 rings (SSSR count). The first-order valence-electron chi connectivity index (χ1n) is 5.84. The average molecular weight is 234 g/mol. The highest BCUT2D eigenvalue weighted by Crippen LogP contribution is 2.20. The third-order valence-corrected chi connectivity index (χ3v) is 3.02. The second-order valence-electron chi connectivity index (χ2n) is 5.15. The van der Waals surface area contributed by atoms with Crippen LogP contribution in [0.25, 0.3) is 0 Å². The zero-order chi connectivity index (χ0) is 12.9. The highest BCUT2D eigenvalue weighted by Gasteiger charge is 2.21. The second kappa shape index (κ2) is 5.77. The maximum Gasteiger partial charge on any atom is 0.0963 e. The maximum atomic E-state index is 7.51. The van der Waals surface area contributed by atoms with Gasteiger partial charge < -0.3 is 10.6 Å². The lowest BCUT2D eigenvalue weighted by Gasteiger charge is -2.26. The highest BCUT2D eigenvalue weighted by atomic mass is 15.1. The van der Waals surface area contributed by atoms with Crippen LogP contribution in [-0.4, -0.2) is 29.3 Å². The van der Waals surface area contributed by atoms with Crippen molar-refractivity contribution in [3.63, 3.8) is 0 Å². The van der Waals surface area contributed by atoms with Crippen LogP contribution < -0.4 is 5.73 Å². The monoisotopic (exact) mass is 234 g/mol. The van der Waals surface area contributed by atoms with Gasteiger partial charge >= 0.3 is 0 Å². The molecule has 0 aliphatic heterocycles. The van der Waals surface area contributed by atoms with Crippen LogP contribution in [0.5, 0.6) is 0 Å². The normalized spacial score (nSPS) is 11.8. The van der Waals surface area contributed by atoms with Crippen molar-refractivity contribution in [2.75, 3.05) is 13.6 Å². The molecular weight excluding hydrogens is 212 g/mol. The van der Waals surface area contributed by atoms with E-state index in [-0.39, 0.29) is 11.3 Å². The molecule has 3 N–H and O–H groups in total. The number of aromatic nitrogens is 1. The molecule has 0 saturated heterocycles. The van der Waals surface area contributed by atoms with Crippen molar-refractivity contribution in [2.24, 2.45) is 11.1 Å². The lowest BCUT2D eigenvalue weighted by Crippen LogP contribution is -2.34. The molecule has 0 fully saturated rings. The molecule has 4 nitrogen and oxygen atoms in total. The predicted molar refractivity (Wildman–Crippen MR) is 70.9 cm³/mol. The highest BCUT2D eigenvalue weighted by molar-refractivity contribution is 5.82. The number of pyridine rings is 1. The Morgan fingerprint density at radius 2 is 2.24 bits per heavy atom. The van der Waals surface area contributed by atoms with Crippen LogP contribution in [0.1, 0.15) is 25.8 Å². The molecule has 0 bridgehead atoms. The second-order valence-corrected chi connectivity index (χ2v) is 5.15. The zero-order valence-electron chi connectivity index (χ0n) is 10.9. The van der Waals surface area contributed by atoms with Gasteiger partial charge in [-0.1, -0.05) is 19.9 Å². The fraction of sp³-hybridized carbons (Fsp3) is 0.538. The molecule has 4 heteroatoms. The first kappa shape index (κ1) is 13.6. The fourth-order valence-corrected chi connectivity index (χ4v) is 1.49. The SMILES string of the molecule is CN(CCC(C)(C)C(=N)N)Cc1cccnc1. The molecule has 17 heavy (non-hydrogen) atoms. The summed E-state index contributed by atoms with van der Waals surface area (Å²) in [6, 6.07) is 4.02. The van der Waals surface area contributed by atoms with Crippen LogP contribution in [-0.2, 0) is 6.54 Å². The smallest absolute Gasteiger partial charge is 0.0963 e. The Hall–Kier alpha value is -1.42. The molecule has 1 aromatic heterocycles. The van der Waals surface area contributed by atoms with Crippen LogP contribution in [0.4, 0.5) is 0 Å². The van der Waals surface area contributed by atoms with Crippen molar-refractivity contribution in [3.8, 4) is 0 Å². The summed E-state index contributed by atoms with van der Waals surface area (Å²) in [6.07, 6.45) is 4.55. The van der Waals surface area contributed by atoms with E-state index in [1.54, 1.807) is 6.20 Å². The molecule has 1 aromatic rings. The van der Waals surface area contributed by atoms with Gasteiger partial charge in [0, 0.05) is 24.4 Å². The fourth-order valence-electron chi connectivity index (χ4n) is 1.49. The van der Waals surface area contributed by atoms with E-state index in [1.165, 1.54) is 5.56 Å². The average Bonchev–Trinajstić information content (AvgIpc) is 2.28. The van der Waals surface area contributed by atoms with Crippen molar-refractivity contribution in [3.05, 3.63) is 30.1 Å². The lowest BCUT2D eigenvalue weighted by molar-refractivity contribution is 0.284. The molecule has 0 saturated carbocycles. The van der Waals surface area contributed by atoms with Gasteiger partial charge in [0.25, 0.3) is 0 Å². The van der Waals surface area contributed by atoms with Gasteiger partial charge in [-0.2, -0.15) is 0 Å². The largest absolute Gasteiger partial charge is 0.387 e. The molecular formula is C13H22N4. The van der Waals surface area contributed by atoms with Gasteiger partial charge in [0.1, 0.15) is 0 Å². The molecule has 0 aromatic carbocycles. The van der Waals surface area contributed by atoms with Crippen LogP contribution in [0.3, 0.4) is 0 Å². The van der Waals surface area contributed by atoms with E-state index in [1.807, 2.05) is 26.1 Å². The number of hydrogen-bond donors (Lipinski definition) is 2. The number of nitrogens with zero attached hydrogens (tertiary/aromatic N) is 2. The van der Waals surface area contributed by atoms with Crippen molar-refractivity contribution < 1.29 is 0 Å². The molecule has 0 amide bonds. The molecule has 1 heterocycles. The molecule has 0 unspecified atom stereocenters. The standard InChI is InChI=1S/C13H22N4/c1-13(2,12(14)15)6-8-17(3)10-11-5-4-7-16-9-11/h4-5,7,9H,6,8,10H2,1-3H3,(H3,14,15). The van der Waals surface area contributed by atoms with E-state index in [4.69, 9.17) is 11.1 Å². The summed E-state index contributed by atoms with van der Waals surface area (Å²) in [7, 11) is 2.07. The van der Waals surface area contributed by atoms with Gasteiger partial charge in [0.2, 0.25) is 0 Å². The first-order valence-corrected chi connectivity index (χ1v) is 5.84. The van der Waals surface area contributed by atoms with Crippen LogP contribution in [0, 0.1) is 10.8 Å². The number of hydrogen-bond acceptors (Lipinski definition) is 3.